The van der Waals surface area contributed by atoms with Crippen molar-refractivity contribution in [2.45, 2.75) is 6.43 Å². The van der Waals surface area contributed by atoms with Crippen LogP contribution in [-0.4, -0.2) is 35.8 Å². The maximum Gasteiger partial charge on any atom is 0.255 e. The molecule has 0 unspecified atom stereocenters. The molecule has 20 heavy (non-hydrogen) atoms. The average molecular weight is 280 g/mol. The van der Waals surface area contributed by atoms with E-state index in [1.54, 1.807) is 24.3 Å². The van der Waals surface area contributed by atoms with Crippen molar-refractivity contribution in [3.63, 3.8) is 0 Å². The fourth-order valence-electron chi connectivity index (χ4n) is 1.97. The van der Waals surface area contributed by atoms with E-state index < -0.39 is 18.9 Å². The third-order valence-corrected chi connectivity index (χ3v) is 2.92. The zero-order chi connectivity index (χ0) is 14.7. The van der Waals surface area contributed by atoms with Gasteiger partial charge in [-0.25, -0.2) is 19.6 Å². The molecule has 0 atom stereocenters. The molecule has 0 fully saturated rings. The number of nitrogens with two attached hydrogens (primary N) is 1. The summed E-state index contributed by atoms with van der Waals surface area (Å²) >= 11 is 0. The molecule has 1 heterocycles. The Hall–Kier alpha value is -2.28. The van der Waals surface area contributed by atoms with Gasteiger partial charge in [-0.1, -0.05) is 24.3 Å². The van der Waals surface area contributed by atoms with Gasteiger partial charge in [0.15, 0.2) is 0 Å². The van der Waals surface area contributed by atoms with Gasteiger partial charge in [0.25, 0.3) is 12.3 Å². The lowest BCUT2D eigenvalue weighted by Crippen LogP contribution is -2.31. The molecule has 0 bridgehead atoms. The van der Waals surface area contributed by atoms with Crippen molar-refractivity contribution in [3.05, 3.63) is 36.0 Å². The summed E-state index contributed by atoms with van der Waals surface area (Å²) in [5, 5.41) is 1.27. The molecule has 2 aromatic rings. The number of aromatic nitrogens is 1. The van der Waals surface area contributed by atoms with E-state index in [9.17, 15) is 13.6 Å². The van der Waals surface area contributed by atoms with E-state index >= 15 is 0 Å². The highest BCUT2D eigenvalue weighted by atomic mass is 19.3. The predicted molar refractivity (Wildman–Crippen MR) is 72.5 cm³/mol. The highest BCUT2D eigenvalue weighted by Gasteiger charge is 2.19. The van der Waals surface area contributed by atoms with Gasteiger partial charge in [0.05, 0.1) is 12.1 Å². The third-order valence-electron chi connectivity index (χ3n) is 2.92. The Bertz CT molecular complexity index is 633. The Morgan fingerprint density at radius 2 is 2.05 bits per heavy atom. The summed E-state index contributed by atoms with van der Waals surface area (Å²) in [6.45, 7) is -0.621. The minimum atomic E-state index is -2.58. The maximum atomic E-state index is 12.4. The Labute approximate surface area is 114 Å². The van der Waals surface area contributed by atoms with Crippen molar-refractivity contribution in [2.75, 3.05) is 19.0 Å². The second-order valence-electron chi connectivity index (χ2n) is 4.29. The van der Waals surface area contributed by atoms with Gasteiger partial charge in [-0.3, -0.25) is 4.79 Å². The standard InChI is InChI=1S/C13H14F2N4O/c1-19(7-11(14)15)13(20)10-6-17-12(18-16)9-5-3-2-4-8(9)10/h2-6,11H,7,16H2,1H3,(H,17,18). The van der Waals surface area contributed by atoms with E-state index in [4.69, 9.17) is 5.84 Å². The topological polar surface area (TPSA) is 71.2 Å². The zero-order valence-electron chi connectivity index (χ0n) is 10.8. The van der Waals surface area contributed by atoms with Crippen LogP contribution in [0.4, 0.5) is 14.6 Å². The first-order chi connectivity index (χ1) is 9.54. The molecule has 7 heteroatoms. The van der Waals surface area contributed by atoms with Crippen molar-refractivity contribution in [1.82, 2.24) is 9.88 Å². The second-order valence-corrected chi connectivity index (χ2v) is 4.29. The molecular weight excluding hydrogens is 266 g/mol. The molecule has 0 saturated heterocycles. The molecule has 1 amide bonds. The van der Waals surface area contributed by atoms with Crippen LogP contribution in [0.25, 0.3) is 10.8 Å². The molecule has 1 aromatic carbocycles. The first kappa shape index (κ1) is 14.1. The minimum absolute atomic E-state index is 0.266. The number of nitrogens with zero attached hydrogens (tertiary/aromatic N) is 2. The molecule has 1 aromatic heterocycles. The van der Waals surface area contributed by atoms with E-state index in [1.165, 1.54) is 13.2 Å². The zero-order valence-corrected chi connectivity index (χ0v) is 10.8. The van der Waals surface area contributed by atoms with Gasteiger partial charge in [0.2, 0.25) is 0 Å². The van der Waals surface area contributed by atoms with Crippen molar-refractivity contribution in [2.24, 2.45) is 5.84 Å². The monoisotopic (exact) mass is 280 g/mol. The van der Waals surface area contributed by atoms with Crippen LogP contribution in [0.15, 0.2) is 30.5 Å². The van der Waals surface area contributed by atoms with Gasteiger partial charge < -0.3 is 10.3 Å². The van der Waals surface area contributed by atoms with E-state index in [2.05, 4.69) is 10.4 Å². The number of nitrogens with one attached hydrogen (secondary N) is 1. The molecular formula is C13H14F2N4O. The molecule has 0 aliphatic rings. The van der Waals surface area contributed by atoms with Gasteiger partial charge in [-0.2, -0.15) is 0 Å². The Morgan fingerprint density at radius 1 is 1.40 bits per heavy atom. The van der Waals surface area contributed by atoms with Crippen LogP contribution in [0, 0.1) is 0 Å². The number of pyridine rings is 1. The Morgan fingerprint density at radius 3 is 2.65 bits per heavy atom. The first-order valence-corrected chi connectivity index (χ1v) is 5.92. The highest BCUT2D eigenvalue weighted by Crippen LogP contribution is 2.24. The smallest absolute Gasteiger partial charge is 0.255 e. The number of benzene rings is 1. The number of hydrogen-bond donors (Lipinski definition) is 2. The van der Waals surface area contributed by atoms with Crippen LogP contribution in [0.3, 0.4) is 0 Å². The SMILES string of the molecule is CN(CC(F)F)C(=O)c1cnc(NN)c2ccccc12. The van der Waals surface area contributed by atoms with Crippen molar-refractivity contribution < 1.29 is 13.6 Å². The number of nitrogen functional groups attached to an aromatic ring is 1. The van der Waals surface area contributed by atoms with E-state index in [1.807, 2.05) is 0 Å². The number of alkyl halides is 2. The van der Waals surface area contributed by atoms with Gasteiger partial charge in [-0.15, -0.1) is 0 Å². The number of hydrazine groups is 1. The summed E-state index contributed by atoms with van der Waals surface area (Å²) in [4.78, 5) is 17.2. The van der Waals surface area contributed by atoms with Crippen LogP contribution in [0.1, 0.15) is 10.4 Å². The summed E-state index contributed by atoms with van der Waals surface area (Å²) in [6.07, 6.45) is -1.24. The van der Waals surface area contributed by atoms with Crippen LogP contribution < -0.4 is 11.3 Å². The van der Waals surface area contributed by atoms with Crippen molar-refractivity contribution >= 4 is 22.5 Å². The average Bonchev–Trinajstić information content (AvgIpc) is 2.44. The molecule has 106 valence electrons. The maximum absolute atomic E-state index is 12.4. The van der Waals surface area contributed by atoms with Gasteiger partial charge in [0.1, 0.15) is 5.82 Å². The lowest BCUT2D eigenvalue weighted by atomic mass is 10.1. The van der Waals surface area contributed by atoms with Crippen LogP contribution in [-0.2, 0) is 0 Å². The largest absolute Gasteiger partial charge is 0.336 e. The Balaban J connectivity index is 2.47. The molecule has 0 aliphatic carbocycles. The minimum Gasteiger partial charge on any atom is -0.336 e. The molecule has 5 nitrogen and oxygen atoms in total. The number of hydrogen-bond acceptors (Lipinski definition) is 4. The van der Waals surface area contributed by atoms with Crippen molar-refractivity contribution in [3.8, 4) is 0 Å². The van der Waals surface area contributed by atoms with E-state index in [0.717, 1.165) is 4.90 Å². The number of rotatable bonds is 4. The molecule has 0 aliphatic heterocycles. The second kappa shape index (κ2) is 5.79. The number of halogens is 2. The number of carbonyl (C=O) groups is 1. The summed E-state index contributed by atoms with van der Waals surface area (Å²) in [6, 6.07) is 7.01. The third kappa shape index (κ3) is 2.67. The lowest BCUT2D eigenvalue weighted by Gasteiger charge is -2.18. The number of fused-ring (bicyclic) bond motifs is 1. The number of carbonyl (C=O) groups excluding carboxylic acids is 1. The molecule has 0 saturated carbocycles. The Kier molecular flexibility index (Phi) is 4.09. The number of anilines is 1. The number of amides is 1. The predicted octanol–water partition coefficient (Wildman–Crippen LogP) is 1.86. The van der Waals surface area contributed by atoms with Crippen LogP contribution >= 0.6 is 0 Å². The normalized spacial score (nSPS) is 10.8. The van der Waals surface area contributed by atoms with Gasteiger partial charge >= 0.3 is 0 Å². The first-order valence-electron chi connectivity index (χ1n) is 5.92. The van der Waals surface area contributed by atoms with E-state index in [0.29, 0.717) is 16.6 Å². The van der Waals surface area contributed by atoms with Gasteiger partial charge in [-0.05, 0) is 5.39 Å². The lowest BCUT2D eigenvalue weighted by molar-refractivity contribution is 0.0621. The van der Waals surface area contributed by atoms with Gasteiger partial charge in [0, 0.05) is 18.6 Å². The molecule has 0 spiro atoms. The van der Waals surface area contributed by atoms with Crippen LogP contribution in [0.2, 0.25) is 0 Å². The molecule has 0 radical (unpaired) electrons. The van der Waals surface area contributed by atoms with Crippen molar-refractivity contribution in [1.29, 1.82) is 0 Å². The fraction of sp³-hybridized carbons (Fsp3) is 0.231. The fourth-order valence-corrected chi connectivity index (χ4v) is 1.97. The summed E-state index contributed by atoms with van der Waals surface area (Å²) in [5.74, 6) is 5.28. The summed E-state index contributed by atoms with van der Waals surface area (Å²) in [7, 11) is 1.33. The van der Waals surface area contributed by atoms with E-state index in [-0.39, 0.29) is 5.56 Å². The molecule has 3 N–H and O–H groups in total. The highest BCUT2D eigenvalue weighted by molar-refractivity contribution is 6.09. The quantitative estimate of drug-likeness (QED) is 0.662. The summed E-state index contributed by atoms with van der Waals surface area (Å²) < 4.78 is 24.7. The van der Waals surface area contributed by atoms with Crippen LogP contribution in [0.5, 0.6) is 0 Å². The molecule has 2 rings (SSSR count). The summed E-state index contributed by atoms with van der Waals surface area (Å²) in [5.41, 5.74) is 2.71.